The van der Waals surface area contributed by atoms with Gasteiger partial charge in [-0.2, -0.15) is 0 Å². The second-order valence-corrected chi connectivity index (χ2v) is 10.7. The molecule has 3 aromatic carbocycles. The zero-order valence-corrected chi connectivity index (χ0v) is 23.7. The normalized spacial score (nSPS) is 14.6. The Bertz CT molecular complexity index is 1590. The Kier molecular flexibility index (Phi) is 6.92. The number of carbonyl (C=O) groups excluding carboxylic acids is 1. The predicted octanol–water partition coefficient (Wildman–Crippen LogP) is 6.98. The highest BCUT2D eigenvalue weighted by molar-refractivity contribution is 9.10. The first-order valence-corrected chi connectivity index (χ1v) is 13.3. The van der Waals surface area contributed by atoms with Crippen molar-refractivity contribution in [1.82, 2.24) is 9.88 Å². The molecule has 4 aromatic rings. The zero-order valence-electron chi connectivity index (χ0n) is 21.3. The Labute approximate surface area is 230 Å². The molecule has 0 saturated carbocycles. The molecule has 1 amide bonds. The van der Waals surface area contributed by atoms with Crippen LogP contribution in [0.15, 0.2) is 71.0 Å². The van der Waals surface area contributed by atoms with Crippen molar-refractivity contribution in [2.75, 3.05) is 11.5 Å². The largest absolute Gasteiger partial charge is 0.492 e. The lowest BCUT2D eigenvalue weighted by atomic mass is 10.1. The third kappa shape index (κ3) is 5.06. The number of fused-ring (bicyclic) bond motifs is 1. The van der Waals surface area contributed by atoms with Gasteiger partial charge in [0.15, 0.2) is 5.11 Å². The van der Waals surface area contributed by atoms with Crippen LogP contribution in [0.25, 0.3) is 17.0 Å². The summed E-state index contributed by atoms with van der Waals surface area (Å²) >= 11 is 9.13. The van der Waals surface area contributed by atoms with E-state index in [1.54, 1.807) is 4.90 Å². The minimum Gasteiger partial charge on any atom is -0.492 e. The Morgan fingerprint density at radius 1 is 0.946 bits per heavy atom. The summed E-state index contributed by atoms with van der Waals surface area (Å²) in [6.07, 6.45) is 3.94. The fourth-order valence-corrected chi connectivity index (χ4v) is 5.11. The van der Waals surface area contributed by atoms with Crippen molar-refractivity contribution in [2.45, 2.75) is 34.2 Å². The van der Waals surface area contributed by atoms with Crippen LogP contribution < -0.4 is 15.0 Å². The second-order valence-electron chi connectivity index (χ2n) is 9.43. The first-order valence-electron chi connectivity index (χ1n) is 12.1. The Balaban J connectivity index is 1.42. The van der Waals surface area contributed by atoms with Crippen molar-refractivity contribution < 1.29 is 9.53 Å². The summed E-state index contributed by atoms with van der Waals surface area (Å²) in [5, 5.41) is 4.54. The van der Waals surface area contributed by atoms with Crippen LogP contribution in [0.4, 0.5) is 5.69 Å². The molecule has 1 aliphatic rings. The molecule has 1 aliphatic heterocycles. The summed E-state index contributed by atoms with van der Waals surface area (Å²) in [5.41, 5.74) is 7.96. The van der Waals surface area contributed by atoms with E-state index in [2.05, 4.69) is 70.1 Å². The molecule has 1 aromatic heterocycles. The molecule has 37 heavy (non-hydrogen) atoms. The number of ether oxygens (including phenoxy) is 1. The van der Waals surface area contributed by atoms with Crippen molar-refractivity contribution in [3.05, 3.63) is 98.8 Å². The molecule has 1 N–H and O–H groups in total. The van der Waals surface area contributed by atoms with Crippen LogP contribution in [0.5, 0.6) is 5.75 Å². The number of aromatic nitrogens is 1. The molecular formula is C30H28BrN3O2S. The fourth-order valence-electron chi connectivity index (χ4n) is 4.45. The molecule has 0 aliphatic carbocycles. The number of nitrogens with one attached hydrogen (secondary N) is 1. The number of thiocarbonyl (C=S) groups is 1. The van der Waals surface area contributed by atoms with Crippen molar-refractivity contribution in [1.29, 1.82) is 0 Å². The number of benzene rings is 3. The minimum absolute atomic E-state index is 0.165. The van der Waals surface area contributed by atoms with Gasteiger partial charge in [-0.25, -0.2) is 0 Å². The van der Waals surface area contributed by atoms with E-state index in [0.717, 1.165) is 37.9 Å². The van der Waals surface area contributed by atoms with Crippen LogP contribution in [0.2, 0.25) is 0 Å². The SMILES string of the molecule is Cc1ccc(OCCn2cc(/C=C3\NC(=S)N(c4ccc(C)c(C)c4)C3=O)c3cc(Br)ccc32)cc1C. The van der Waals surface area contributed by atoms with Crippen molar-refractivity contribution in [3.8, 4) is 5.75 Å². The number of rotatable bonds is 6. The maximum atomic E-state index is 13.4. The van der Waals surface area contributed by atoms with Crippen LogP contribution in [0.1, 0.15) is 27.8 Å². The van der Waals surface area contributed by atoms with E-state index in [1.807, 2.05) is 50.3 Å². The average molecular weight is 575 g/mol. The highest BCUT2D eigenvalue weighted by Crippen LogP contribution is 2.29. The molecule has 1 fully saturated rings. The second kappa shape index (κ2) is 10.1. The van der Waals surface area contributed by atoms with E-state index >= 15 is 0 Å². The lowest BCUT2D eigenvalue weighted by Gasteiger charge is -2.15. The molecule has 1 saturated heterocycles. The van der Waals surface area contributed by atoms with Crippen molar-refractivity contribution in [3.63, 3.8) is 0 Å². The van der Waals surface area contributed by atoms with Gasteiger partial charge in [-0.3, -0.25) is 9.69 Å². The molecule has 0 bridgehead atoms. The number of hydrogen-bond acceptors (Lipinski definition) is 3. The summed E-state index contributed by atoms with van der Waals surface area (Å²) in [7, 11) is 0. The van der Waals surface area contributed by atoms with Gasteiger partial charge >= 0.3 is 0 Å². The topological polar surface area (TPSA) is 46.5 Å². The third-order valence-electron chi connectivity index (χ3n) is 6.88. The van der Waals surface area contributed by atoms with Gasteiger partial charge in [-0.05, 0) is 111 Å². The van der Waals surface area contributed by atoms with Crippen LogP contribution in [0, 0.1) is 27.7 Å². The minimum atomic E-state index is -0.165. The van der Waals surface area contributed by atoms with E-state index in [1.165, 1.54) is 16.7 Å². The zero-order chi connectivity index (χ0) is 26.3. The van der Waals surface area contributed by atoms with Crippen LogP contribution in [-0.2, 0) is 11.3 Å². The highest BCUT2D eigenvalue weighted by Gasteiger charge is 2.32. The molecule has 0 spiro atoms. The van der Waals surface area contributed by atoms with Crippen LogP contribution in [0.3, 0.4) is 0 Å². The molecule has 0 radical (unpaired) electrons. The van der Waals surface area contributed by atoms with E-state index < -0.39 is 0 Å². The molecule has 5 rings (SSSR count). The van der Waals surface area contributed by atoms with Gasteiger partial charge in [0, 0.05) is 27.1 Å². The van der Waals surface area contributed by atoms with Gasteiger partial charge in [-0.1, -0.05) is 28.1 Å². The molecule has 0 atom stereocenters. The number of carbonyl (C=O) groups is 1. The van der Waals surface area contributed by atoms with Gasteiger partial charge in [0.25, 0.3) is 5.91 Å². The summed E-state index contributed by atoms with van der Waals surface area (Å²) in [5.74, 6) is 0.701. The molecular weight excluding hydrogens is 546 g/mol. The maximum absolute atomic E-state index is 13.4. The average Bonchev–Trinajstić information content (AvgIpc) is 3.33. The molecule has 188 valence electrons. The lowest BCUT2D eigenvalue weighted by Crippen LogP contribution is -2.30. The molecule has 2 heterocycles. The summed E-state index contributed by atoms with van der Waals surface area (Å²) < 4.78 is 9.17. The fraction of sp³-hybridized carbons (Fsp3) is 0.200. The quantitative estimate of drug-likeness (QED) is 0.200. The Hall–Kier alpha value is -3.42. The lowest BCUT2D eigenvalue weighted by molar-refractivity contribution is -0.113. The van der Waals surface area contributed by atoms with Gasteiger partial charge in [0.05, 0.1) is 12.2 Å². The van der Waals surface area contributed by atoms with Crippen LogP contribution >= 0.6 is 28.1 Å². The van der Waals surface area contributed by atoms with Gasteiger partial charge < -0.3 is 14.6 Å². The van der Waals surface area contributed by atoms with E-state index in [4.69, 9.17) is 17.0 Å². The molecule has 7 heteroatoms. The predicted molar refractivity (Wildman–Crippen MR) is 158 cm³/mol. The van der Waals surface area contributed by atoms with Gasteiger partial charge in [0.1, 0.15) is 18.1 Å². The first kappa shape index (κ1) is 25.2. The van der Waals surface area contributed by atoms with Crippen LogP contribution in [-0.4, -0.2) is 22.2 Å². The number of amides is 1. The summed E-state index contributed by atoms with van der Waals surface area (Å²) in [6.45, 7) is 9.46. The Morgan fingerprint density at radius 2 is 1.68 bits per heavy atom. The van der Waals surface area contributed by atoms with E-state index in [0.29, 0.717) is 24.0 Å². The number of anilines is 1. The van der Waals surface area contributed by atoms with Gasteiger partial charge in [0.2, 0.25) is 0 Å². The summed E-state index contributed by atoms with van der Waals surface area (Å²) in [4.78, 5) is 14.9. The first-order chi connectivity index (χ1) is 17.7. The maximum Gasteiger partial charge on any atom is 0.281 e. The number of halogens is 1. The molecule has 0 unspecified atom stereocenters. The van der Waals surface area contributed by atoms with Gasteiger partial charge in [-0.15, -0.1) is 0 Å². The van der Waals surface area contributed by atoms with Crippen molar-refractivity contribution >= 4 is 61.8 Å². The van der Waals surface area contributed by atoms with E-state index in [9.17, 15) is 4.79 Å². The van der Waals surface area contributed by atoms with Crippen molar-refractivity contribution in [2.24, 2.45) is 0 Å². The van der Waals surface area contributed by atoms with E-state index in [-0.39, 0.29) is 5.91 Å². The smallest absolute Gasteiger partial charge is 0.281 e. The highest BCUT2D eigenvalue weighted by atomic mass is 79.9. The Morgan fingerprint density at radius 3 is 2.41 bits per heavy atom. The monoisotopic (exact) mass is 573 g/mol. The third-order valence-corrected chi connectivity index (χ3v) is 7.66. The molecule has 5 nitrogen and oxygen atoms in total. The number of aryl methyl sites for hydroxylation is 4. The summed E-state index contributed by atoms with van der Waals surface area (Å²) in [6, 6.07) is 18.2. The standard InChI is InChI=1S/C30H28BrN3O2S/c1-18-5-8-24(13-20(18)3)34-29(35)27(32-30(34)37)15-22-17-33(28-10-7-23(31)16-26(22)28)11-12-36-25-9-6-19(2)21(4)14-25/h5-10,13-17H,11-12H2,1-4H3,(H,32,37)/b27-15-. The number of nitrogens with zero attached hydrogens (tertiary/aromatic N) is 2. The number of hydrogen-bond donors (Lipinski definition) is 1.